The number of allylic oxidation sites excluding steroid dienone is 1. The van der Waals surface area contributed by atoms with Gasteiger partial charge in [-0.2, -0.15) is 0 Å². The molecule has 0 aromatic heterocycles. The number of rotatable bonds is 2. The topological polar surface area (TPSA) is 30.7 Å². The Morgan fingerprint density at radius 1 is 1.45 bits per heavy atom. The molecule has 0 amide bonds. The Morgan fingerprint density at radius 2 is 2.20 bits per heavy atom. The van der Waals surface area contributed by atoms with Gasteiger partial charge in [-0.1, -0.05) is 19.1 Å². The minimum Gasteiger partial charge on any atom is -0.462 e. The van der Waals surface area contributed by atoms with Crippen LogP contribution in [0, 0.1) is 23.2 Å². The normalized spacial score (nSPS) is 44.2. The van der Waals surface area contributed by atoms with Crippen LogP contribution in [0.1, 0.15) is 39.0 Å². The lowest BCUT2D eigenvalue weighted by molar-refractivity contribution is -0.861. The predicted octanol–water partition coefficient (Wildman–Crippen LogP) is 1.45. The number of hydrogen-bond acceptors (Lipinski definition) is 2. The molecule has 2 saturated carbocycles. The van der Waals surface area contributed by atoms with Crippen molar-refractivity contribution in [3.63, 3.8) is 0 Å². The maximum absolute atomic E-state index is 12.2. The number of esters is 1. The molecule has 0 aromatic carbocycles. The Morgan fingerprint density at radius 3 is 2.90 bits per heavy atom. The third-order valence-electron chi connectivity index (χ3n) is 5.95. The van der Waals surface area contributed by atoms with E-state index in [2.05, 4.69) is 27.6 Å². The summed E-state index contributed by atoms with van der Waals surface area (Å²) in [5, 5.41) is 0. The van der Waals surface area contributed by atoms with E-state index < -0.39 is 0 Å². The number of carbonyl (C=O) groups excluding carboxylic acids is 1. The monoisotopic (exact) mass is 278 g/mol. The first-order valence-corrected chi connectivity index (χ1v) is 8.08. The molecule has 0 spiro atoms. The highest BCUT2D eigenvalue weighted by atomic mass is 16.6. The van der Waals surface area contributed by atoms with Gasteiger partial charge >= 0.3 is 5.97 Å². The van der Waals surface area contributed by atoms with E-state index in [1.54, 1.807) is 0 Å². The molecular formula is C17H28NO2+. The summed E-state index contributed by atoms with van der Waals surface area (Å²) in [7, 11) is 4.24. The van der Waals surface area contributed by atoms with Gasteiger partial charge in [0.2, 0.25) is 0 Å². The van der Waals surface area contributed by atoms with E-state index in [0.717, 1.165) is 19.4 Å². The molecular weight excluding hydrogens is 250 g/mol. The summed E-state index contributed by atoms with van der Waals surface area (Å²) in [6.07, 6.45) is 6.02. The first-order chi connectivity index (χ1) is 9.40. The van der Waals surface area contributed by atoms with Crippen molar-refractivity contribution < 1.29 is 14.4 Å². The zero-order valence-corrected chi connectivity index (χ0v) is 13.1. The highest BCUT2D eigenvalue weighted by Gasteiger charge is 2.55. The molecule has 1 saturated heterocycles. The first kappa shape index (κ1) is 14.1. The van der Waals surface area contributed by atoms with Crippen molar-refractivity contribution in [3.8, 4) is 0 Å². The van der Waals surface area contributed by atoms with Gasteiger partial charge in [-0.3, -0.25) is 4.79 Å². The van der Waals surface area contributed by atoms with Crippen molar-refractivity contribution in [2.75, 3.05) is 20.6 Å². The second-order valence-corrected chi connectivity index (χ2v) is 7.82. The lowest BCUT2D eigenvalue weighted by Crippen LogP contribution is -3.06. The van der Waals surface area contributed by atoms with Gasteiger partial charge in [-0.25, -0.2) is 0 Å². The van der Waals surface area contributed by atoms with E-state index >= 15 is 0 Å². The molecule has 3 heteroatoms. The second kappa shape index (κ2) is 4.87. The minimum absolute atomic E-state index is 0.0501. The van der Waals surface area contributed by atoms with Gasteiger partial charge in [-0.05, 0) is 43.4 Å². The first-order valence-electron chi connectivity index (χ1n) is 8.08. The Balaban J connectivity index is 1.82. The van der Waals surface area contributed by atoms with Gasteiger partial charge in [-0.15, -0.1) is 0 Å². The van der Waals surface area contributed by atoms with E-state index in [0.29, 0.717) is 17.3 Å². The summed E-state index contributed by atoms with van der Waals surface area (Å²) in [5.74, 6) is 1.18. The molecule has 112 valence electrons. The van der Waals surface area contributed by atoms with Gasteiger partial charge < -0.3 is 9.64 Å². The van der Waals surface area contributed by atoms with Crippen LogP contribution in [0.2, 0.25) is 0 Å². The van der Waals surface area contributed by atoms with Crippen LogP contribution in [-0.2, 0) is 9.53 Å². The van der Waals surface area contributed by atoms with E-state index in [-0.39, 0.29) is 18.0 Å². The molecule has 5 atom stereocenters. The van der Waals surface area contributed by atoms with Crippen LogP contribution in [0.25, 0.3) is 0 Å². The summed E-state index contributed by atoms with van der Waals surface area (Å²) in [4.78, 5) is 13.5. The molecule has 1 N–H and O–H groups in total. The molecule has 0 unspecified atom stereocenters. The fourth-order valence-corrected chi connectivity index (χ4v) is 4.93. The van der Waals surface area contributed by atoms with Crippen molar-refractivity contribution in [1.29, 1.82) is 0 Å². The number of hydrogen-bond donors (Lipinski definition) is 1. The second-order valence-electron chi connectivity index (χ2n) is 7.82. The minimum atomic E-state index is 0.0501. The molecule has 1 aliphatic heterocycles. The van der Waals surface area contributed by atoms with Crippen LogP contribution >= 0.6 is 0 Å². The number of carbonyl (C=O) groups is 1. The van der Waals surface area contributed by atoms with Crippen LogP contribution in [-0.4, -0.2) is 32.7 Å². The van der Waals surface area contributed by atoms with E-state index in [1.165, 1.54) is 29.7 Å². The number of ether oxygens (including phenoxy) is 1. The van der Waals surface area contributed by atoms with Gasteiger partial charge in [0.15, 0.2) is 0 Å². The fraction of sp³-hybridized carbons (Fsp3) is 0.824. The number of fused-ring (bicyclic) bond motifs is 2. The maximum Gasteiger partial charge on any atom is 0.315 e. The Labute approximate surface area is 122 Å². The van der Waals surface area contributed by atoms with Gasteiger partial charge in [0, 0.05) is 5.92 Å². The molecule has 20 heavy (non-hydrogen) atoms. The molecule has 3 aliphatic rings. The van der Waals surface area contributed by atoms with Gasteiger partial charge in [0.05, 0.1) is 20.6 Å². The Kier molecular flexibility index (Phi) is 3.44. The quantitative estimate of drug-likeness (QED) is 0.612. The Bertz CT molecular complexity index is 431. The van der Waals surface area contributed by atoms with E-state index in [1.807, 2.05) is 0 Å². The molecule has 0 radical (unpaired) electrons. The van der Waals surface area contributed by atoms with Crippen molar-refractivity contribution >= 4 is 5.97 Å². The molecule has 0 bridgehead atoms. The molecule has 0 aromatic rings. The smallest absolute Gasteiger partial charge is 0.315 e. The molecule has 1 heterocycles. The standard InChI is InChI=1S/C17H27NO2/c1-11-6-5-7-17(2)9-15-12(8-14(11)17)13(10-18(3)4)16(19)20-15/h12-15H,1,5-10H2,2-4H3/p+1/t12-,13+,14+,15+,17-/m0/s1. The van der Waals surface area contributed by atoms with Crippen molar-refractivity contribution in [2.24, 2.45) is 23.2 Å². The molecule has 2 aliphatic carbocycles. The lowest BCUT2D eigenvalue weighted by atomic mass is 9.55. The summed E-state index contributed by atoms with van der Waals surface area (Å²) in [6, 6.07) is 0. The van der Waals surface area contributed by atoms with Gasteiger partial charge in [0.1, 0.15) is 12.0 Å². The van der Waals surface area contributed by atoms with Crippen LogP contribution < -0.4 is 4.90 Å². The number of nitrogens with one attached hydrogen (secondary N) is 1. The highest BCUT2D eigenvalue weighted by molar-refractivity contribution is 5.75. The zero-order valence-electron chi connectivity index (χ0n) is 13.1. The molecule has 3 rings (SSSR count). The molecule has 3 fully saturated rings. The van der Waals surface area contributed by atoms with Crippen molar-refractivity contribution in [1.82, 2.24) is 0 Å². The summed E-state index contributed by atoms with van der Waals surface area (Å²) in [5.41, 5.74) is 1.74. The zero-order chi connectivity index (χ0) is 14.5. The predicted molar refractivity (Wildman–Crippen MR) is 78.4 cm³/mol. The third kappa shape index (κ3) is 2.20. The average Bonchev–Trinajstić information content (AvgIpc) is 2.62. The summed E-state index contributed by atoms with van der Waals surface area (Å²) < 4.78 is 5.75. The van der Waals surface area contributed by atoms with Gasteiger partial charge in [0.25, 0.3) is 0 Å². The fourth-order valence-electron chi connectivity index (χ4n) is 4.93. The third-order valence-corrected chi connectivity index (χ3v) is 5.95. The largest absolute Gasteiger partial charge is 0.462 e. The summed E-state index contributed by atoms with van der Waals surface area (Å²) in [6.45, 7) is 7.62. The maximum atomic E-state index is 12.2. The van der Waals surface area contributed by atoms with E-state index in [4.69, 9.17) is 4.74 Å². The highest BCUT2D eigenvalue weighted by Crippen LogP contribution is 2.56. The van der Waals surface area contributed by atoms with Crippen molar-refractivity contribution in [2.45, 2.75) is 45.1 Å². The van der Waals surface area contributed by atoms with Crippen molar-refractivity contribution in [3.05, 3.63) is 12.2 Å². The van der Waals surface area contributed by atoms with Crippen LogP contribution in [0.5, 0.6) is 0 Å². The lowest BCUT2D eigenvalue weighted by Gasteiger charge is -2.49. The average molecular weight is 278 g/mol. The number of quaternary nitrogens is 1. The van der Waals surface area contributed by atoms with Crippen LogP contribution in [0.4, 0.5) is 0 Å². The van der Waals surface area contributed by atoms with E-state index in [9.17, 15) is 4.79 Å². The summed E-state index contributed by atoms with van der Waals surface area (Å²) >= 11 is 0. The van der Waals surface area contributed by atoms with Crippen LogP contribution in [0.3, 0.4) is 0 Å². The molecule has 3 nitrogen and oxygen atoms in total. The van der Waals surface area contributed by atoms with Crippen LogP contribution in [0.15, 0.2) is 12.2 Å². The Hall–Kier alpha value is -0.830. The SMILES string of the molecule is C=C1CCC[C@@]2(C)C[C@H]3OC(=O)[C@H](C[NH+](C)C)[C@@H]3C[C@H]12.